The molecule has 2 aromatic rings. The molecule has 0 unspecified atom stereocenters. The summed E-state index contributed by atoms with van der Waals surface area (Å²) in [7, 11) is 1.77. The number of hydrogen-bond acceptors (Lipinski definition) is 3. The van der Waals surface area contributed by atoms with Gasteiger partial charge in [0.2, 0.25) is 0 Å². The van der Waals surface area contributed by atoms with E-state index in [1.807, 2.05) is 6.07 Å². The number of aliphatic imine (C=N–C) groups is 1. The summed E-state index contributed by atoms with van der Waals surface area (Å²) in [4.78, 5) is 5.50. The highest BCUT2D eigenvalue weighted by molar-refractivity contribution is 14.0. The predicted octanol–water partition coefficient (Wildman–Crippen LogP) is 3.73. The minimum atomic E-state index is 0. The average molecular weight is 445 g/mol. The maximum atomic E-state index is 5.87. The molecule has 2 N–H and O–H groups in total. The molecule has 2 rings (SSSR count). The van der Waals surface area contributed by atoms with E-state index in [0.717, 1.165) is 18.3 Å². The summed E-state index contributed by atoms with van der Waals surface area (Å²) >= 11 is 1.73. The Morgan fingerprint density at radius 1 is 1.13 bits per heavy atom. The number of ether oxygens (including phenoxy) is 1. The average Bonchev–Trinajstić information content (AvgIpc) is 3.02. The fourth-order valence-corrected chi connectivity index (χ4v) is 2.80. The molecule has 0 radical (unpaired) electrons. The number of rotatable bonds is 6. The van der Waals surface area contributed by atoms with Crippen molar-refractivity contribution in [3.8, 4) is 5.75 Å². The van der Waals surface area contributed by atoms with Gasteiger partial charge in [-0.1, -0.05) is 24.3 Å². The topological polar surface area (TPSA) is 45.7 Å². The number of benzene rings is 1. The minimum Gasteiger partial charge on any atom is -0.491 e. The van der Waals surface area contributed by atoms with Gasteiger partial charge in [-0.25, -0.2) is 0 Å². The van der Waals surface area contributed by atoms with Crippen molar-refractivity contribution in [3.63, 3.8) is 0 Å². The molecular formula is C17H24IN3OS. The number of halogens is 1. The van der Waals surface area contributed by atoms with Gasteiger partial charge in [0.1, 0.15) is 12.4 Å². The van der Waals surface area contributed by atoms with Crippen molar-refractivity contribution in [2.45, 2.75) is 20.4 Å². The first-order valence-corrected chi connectivity index (χ1v) is 8.24. The SMILES string of the molecule is CN=C(NCCOc1c(C)cccc1C)NCc1cccs1.I. The third kappa shape index (κ3) is 6.39. The van der Waals surface area contributed by atoms with E-state index < -0.39 is 0 Å². The van der Waals surface area contributed by atoms with Gasteiger partial charge in [-0.05, 0) is 36.4 Å². The summed E-state index contributed by atoms with van der Waals surface area (Å²) in [5, 5.41) is 8.62. The zero-order chi connectivity index (χ0) is 15.8. The van der Waals surface area contributed by atoms with Crippen LogP contribution in [0.25, 0.3) is 0 Å². The van der Waals surface area contributed by atoms with E-state index in [2.05, 4.69) is 59.1 Å². The number of para-hydroxylation sites is 1. The molecule has 0 aliphatic heterocycles. The van der Waals surface area contributed by atoms with Crippen LogP contribution in [-0.4, -0.2) is 26.2 Å². The van der Waals surface area contributed by atoms with Gasteiger partial charge in [0.05, 0.1) is 13.1 Å². The van der Waals surface area contributed by atoms with Crippen LogP contribution in [0.5, 0.6) is 5.75 Å². The summed E-state index contributed by atoms with van der Waals surface area (Å²) in [6.07, 6.45) is 0. The third-order valence-electron chi connectivity index (χ3n) is 3.28. The molecule has 0 aliphatic rings. The van der Waals surface area contributed by atoms with Crippen LogP contribution in [0.3, 0.4) is 0 Å². The van der Waals surface area contributed by atoms with E-state index >= 15 is 0 Å². The molecule has 0 fully saturated rings. The van der Waals surface area contributed by atoms with Crippen molar-refractivity contribution in [3.05, 3.63) is 51.7 Å². The third-order valence-corrected chi connectivity index (χ3v) is 4.16. The van der Waals surface area contributed by atoms with Crippen LogP contribution in [0.4, 0.5) is 0 Å². The Bertz CT molecular complexity index is 594. The van der Waals surface area contributed by atoms with Gasteiger partial charge < -0.3 is 15.4 Å². The smallest absolute Gasteiger partial charge is 0.191 e. The molecule has 0 spiro atoms. The maximum absolute atomic E-state index is 5.87. The normalized spacial score (nSPS) is 10.8. The summed E-state index contributed by atoms with van der Waals surface area (Å²) in [6.45, 7) is 6.23. The number of aryl methyl sites for hydroxylation is 2. The van der Waals surface area contributed by atoms with Crippen molar-refractivity contribution in [1.29, 1.82) is 0 Å². The second kappa shape index (κ2) is 10.5. The number of nitrogens with one attached hydrogen (secondary N) is 2. The maximum Gasteiger partial charge on any atom is 0.191 e. The molecule has 0 aliphatic carbocycles. The van der Waals surface area contributed by atoms with E-state index in [1.54, 1.807) is 18.4 Å². The summed E-state index contributed by atoms with van der Waals surface area (Å²) in [6, 6.07) is 10.3. The fraction of sp³-hybridized carbons (Fsp3) is 0.353. The molecule has 1 aromatic heterocycles. The van der Waals surface area contributed by atoms with E-state index in [1.165, 1.54) is 16.0 Å². The van der Waals surface area contributed by atoms with Crippen molar-refractivity contribution in [2.75, 3.05) is 20.2 Å². The van der Waals surface area contributed by atoms with E-state index in [4.69, 9.17) is 4.74 Å². The van der Waals surface area contributed by atoms with Crippen molar-refractivity contribution < 1.29 is 4.74 Å². The lowest BCUT2D eigenvalue weighted by Gasteiger charge is -2.14. The highest BCUT2D eigenvalue weighted by Crippen LogP contribution is 2.21. The van der Waals surface area contributed by atoms with Gasteiger partial charge >= 0.3 is 0 Å². The molecule has 0 amide bonds. The van der Waals surface area contributed by atoms with Gasteiger partial charge in [0.15, 0.2) is 5.96 Å². The van der Waals surface area contributed by atoms with Crippen LogP contribution in [0.15, 0.2) is 40.7 Å². The second-order valence-electron chi connectivity index (χ2n) is 5.00. The first-order chi connectivity index (χ1) is 10.7. The Balaban J connectivity index is 0.00000264. The largest absolute Gasteiger partial charge is 0.491 e. The first kappa shape index (κ1) is 19.8. The first-order valence-electron chi connectivity index (χ1n) is 7.36. The lowest BCUT2D eigenvalue weighted by molar-refractivity contribution is 0.317. The van der Waals surface area contributed by atoms with Crippen LogP contribution in [0.2, 0.25) is 0 Å². The zero-order valence-electron chi connectivity index (χ0n) is 13.8. The Labute approximate surface area is 159 Å². The molecule has 23 heavy (non-hydrogen) atoms. The molecule has 0 atom stereocenters. The minimum absolute atomic E-state index is 0. The van der Waals surface area contributed by atoms with Gasteiger partial charge in [-0.3, -0.25) is 4.99 Å². The molecule has 1 heterocycles. The highest BCUT2D eigenvalue weighted by atomic mass is 127. The Kier molecular flexibility index (Phi) is 9.01. The molecular weight excluding hydrogens is 421 g/mol. The number of guanidine groups is 1. The Hall–Kier alpha value is -1.28. The van der Waals surface area contributed by atoms with Crippen LogP contribution in [-0.2, 0) is 6.54 Å². The van der Waals surface area contributed by atoms with Crippen LogP contribution >= 0.6 is 35.3 Å². The second-order valence-corrected chi connectivity index (χ2v) is 6.03. The number of thiophene rings is 1. The van der Waals surface area contributed by atoms with E-state index in [-0.39, 0.29) is 24.0 Å². The summed E-state index contributed by atoms with van der Waals surface area (Å²) < 4.78 is 5.87. The van der Waals surface area contributed by atoms with Crippen LogP contribution in [0.1, 0.15) is 16.0 Å². The van der Waals surface area contributed by atoms with Gasteiger partial charge in [0, 0.05) is 11.9 Å². The fourth-order valence-electron chi connectivity index (χ4n) is 2.15. The van der Waals surface area contributed by atoms with Crippen molar-refractivity contribution in [1.82, 2.24) is 10.6 Å². The molecule has 0 bridgehead atoms. The van der Waals surface area contributed by atoms with Crippen LogP contribution in [0, 0.1) is 13.8 Å². The van der Waals surface area contributed by atoms with Gasteiger partial charge in [-0.15, -0.1) is 35.3 Å². The quantitative estimate of drug-likeness (QED) is 0.308. The molecule has 1 aromatic carbocycles. The van der Waals surface area contributed by atoms with Gasteiger partial charge in [-0.2, -0.15) is 0 Å². The molecule has 6 heteroatoms. The lowest BCUT2D eigenvalue weighted by atomic mass is 10.1. The monoisotopic (exact) mass is 445 g/mol. The van der Waals surface area contributed by atoms with E-state index in [0.29, 0.717) is 13.2 Å². The molecule has 0 saturated carbocycles. The number of nitrogens with zero attached hydrogens (tertiary/aromatic N) is 1. The Morgan fingerprint density at radius 3 is 2.48 bits per heavy atom. The van der Waals surface area contributed by atoms with Crippen molar-refractivity contribution >= 4 is 41.3 Å². The van der Waals surface area contributed by atoms with Crippen molar-refractivity contribution in [2.24, 2.45) is 4.99 Å². The standard InChI is InChI=1S/C17H23N3OS.HI/c1-13-6-4-7-14(2)16(13)21-10-9-19-17(18-3)20-12-15-8-5-11-22-15;/h4-8,11H,9-10,12H2,1-3H3,(H2,18,19,20);1H. The lowest BCUT2D eigenvalue weighted by Crippen LogP contribution is -2.38. The highest BCUT2D eigenvalue weighted by Gasteiger charge is 2.03. The molecule has 126 valence electrons. The van der Waals surface area contributed by atoms with Crippen LogP contribution < -0.4 is 15.4 Å². The summed E-state index contributed by atoms with van der Waals surface area (Å²) in [5.41, 5.74) is 2.33. The van der Waals surface area contributed by atoms with Gasteiger partial charge in [0.25, 0.3) is 0 Å². The van der Waals surface area contributed by atoms with E-state index in [9.17, 15) is 0 Å². The molecule has 4 nitrogen and oxygen atoms in total. The predicted molar refractivity (Wildman–Crippen MR) is 109 cm³/mol. The zero-order valence-corrected chi connectivity index (χ0v) is 16.9. The number of hydrogen-bond donors (Lipinski definition) is 2. The summed E-state index contributed by atoms with van der Waals surface area (Å²) in [5.74, 6) is 1.77. The molecule has 0 saturated heterocycles. The Morgan fingerprint density at radius 2 is 1.87 bits per heavy atom.